The van der Waals surface area contributed by atoms with Crippen molar-refractivity contribution in [3.05, 3.63) is 11.8 Å². The maximum absolute atomic E-state index is 3.81. The van der Waals surface area contributed by atoms with Crippen molar-refractivity contribution >= 4 is 18.7 Å². The lowest BCUT2D eigenvalue weighted by Gasteiger charge is -1.84. The average Bonchev–Trinajstić information content (AvgIpc) is 2.36. The molecule has 0 aliphatic rings. The summed E-state index contributed by atoms with van der Waals surface area (Å²) in [5.41, 5.74) is 0.859. The van der Waals surface area contributed by atoms with Gasteiger partial charge in [-0.15, -0.1) is 0 Å². The zero-order valence-corrected chi connectivity index (χ0v) is 5.70. The van der Waals surface area contributed by atoms with Gasteiger partial charge < -0.3 is 0 Å². The van der Waals surface area contributed by atoms with Crippen LogP contribution in [0.25, 0.3) is 0 Å². The van der Waals surface area contributed by atoms with E-state index in [0.717, 1.165) is 5.56 Å². The molecule has 1 heterocycles. The molecule has 0 radical (unpaired) electrons. The second-order valence-electron chi connectivity index (χ2n) is 1.72. The van der Waals surface area contributed by atoms with Crippen LogP contribution in [0.15, 0.2) is 16.2 Å². The lowest BCUT2D eigenvalue weighted by atomic mass is 10.4. The number of hydrogen-bond acceptors (Lipinski definition) is 3. The van der Waals surface area contributed by atoms with Gasteiger partial charge in [0, 0.05) is 13.3 Å². The Morgan fingerprint density at radius 1 is 1.80 bits per heavy atom. The zero-order chi connectivity index (χ0) is 7.40. The second-order valence-corrected chi connectivity index (χ2v) is 1.72. The smallest absolute Gasteiger partial charge is 0.156 e. The van der Waals surface area contributed by atoms with Crippen molar-refractivity contribution in [1.29, 1.82) is 0 Å². The molecular formula is C6H8N4. The first kappa shape index (κ1) is 6.67. The van der Waals surface area contributed by atoms with E-state index in [9.17, 15) is 0 Å². The van der Waals surface area contributed by atoms with E-state index in [1.54, 1.807) is 19.5 Å². The first-order valence-electron chi connectivity index (χ1n) is 2.80. The predicted octanol–water partition coefficient (Wildman–Crippen LogP) is 0.790. The van der Waals surface area contributed by atoms with Gasteiger partial charge in [-0.05, 0) is 6.72 Å². The van der Waals surface area contributed by atoms with Crippen molar-refractivity contribution in [2.75, 3.05) is 7.05 Å². The molecular weight excluding hydrogens is 128 g/mol. The van der Waals surface area contributed by atoms with Crippen LogP contribution in [0.2, 0.25) is 0 Å². The minimum absolute atomic E-state index is 0.658. The molecule has 0 saturated carbocycles. The number of aliphatic imine (C=N–C) groups is 2. The van der Waals surface area contributed by atoms with Crippen molar-refractivity contribution < 1.29 is 0 Å². The van der Waals surface area contributed by atoms with Crippen LogP contribution in [-0.4, -0.2) is 30.2 Å². The molecule has 1 aromatic rings. The Hall–Kier alpha value is -1.45. The molecule has 0 aromatic carbocycles. The van der Waals surface area contributed by atoms with Gasteiger partial charge in [0.05, 0.1) is 11.8 Å². The lowest BCUT2D eigenvalue weighted by molar-refractivity contribution is 1.08. The monoisotopic (exact) mass is 136 g/mol. The highest BCUT2D eigenvalue weighted by atomic mass is 15.2. The molecule has 4 heteroatoms. The van der Waals surface area contributed by atoms with Gasteiger partial charge in [-0.1, -0.05) is 0 Å². The van der Waals surface area contributed by atoms with Crippen molar-refractivity contribution in [2.24, 2.45) is 9.98 Å². The molecule has 1 rings (SSSR count). The van der Waals surface area contributed by atoms with E-state index in [1.165, 1.54) is 0 Å². The Labute approximate surface area is 58.7 Å². The van der Waals surface area contributed by atoms with Crippen LogP contribution in [-0.2, 0) is 0 Å². The Balaban J connectivity index is 3.00. The Bertz CT molecular complexity index is 248. The first-order chi connectivity index (χ1) is 4.88. The largest absolute Gasteiger partial charge is 0.296 e. The van der Waals surface area contributed by atoms with Gasteiger partial charge in [0.15, 0.2) is 5.82 Å². The molecule has 0 unspecified atom stereocenters. The van der Waals surface area contributed by atoms with Crippen molar-refractivity contribution in [2.45, 2.75) is 0 Å². The van der Waals surface area contributed by atoms with E-state index >= 15 is 0 Å². The van der Waals surface area contributed by atoms with E-state index < -0.39 is 0 Å². The zero-order valence-electron chi connectivity index (χ0n) is 5.70. The summed E-state index contributed by atoms with van der Waals surface area (Å²) < 4.78 is 0. The molecule has 10 heavy (non-hydrogen) atoms. The summed E-state index contributed by atoms with van der Waals surface area (Å²) in [5.74, 6) is 0.658. The fourth-order valence-corrected chi connectivity index (χ4v) is 0.649. The first-order valence-corrected chi connectivity index (χ1v) is 2.80. The lowest BCUT2D eigenvalue weighted by Crippen LogP contribution is -1.74. The van der Waals surface area contributed by atoms with E-state index in [-0.39, 0.29) is 0 Å². The highest BCUT2D eigenvalue weighted by molar-refractivity contribution is 5.85. The molecule has 52 valence electrons. The summed E-state index contributed by atoms with van der Waals surface area (Å²) in [6.07, 6.45) is 3.32. The molecule has 0 bridgehead atoms. The molecule has 0 amide bonds. The molecule has 0 spiro atoms. The summed E-state index contributed by atoms with van der Waals surface area (Å²) in [6, 6.07) is 0. The summed E-state index contributed by atoms with van der Waals surface area (Å²) in [7, 11) is 1.69. The number of aromatic nitrogens is 2. The van der Waals surface area contributed by atoms with E-state index in [2.05, 4.69) is 26.9 Å². The topological polar surface area (TPSA) is 53.4 Å². The molecule has 0 fully saturated rings. The van der Waals surface area contributed by atoms with Gasteiger partial charge in [-0.25, -0.2) is 4.99 Å². The van der Waals surface area contributed by atoms with Crippen molar-refractivity contribution in [1.82, 2.24) is 10.2 Å². The quantitative estimate of drug-likeness (QED) is 0.600. The number of nitrogens with one attached hydrogen (secondary N) is 1. The van der Waals surface area contributed by atoms with Gasteiger partial charge in [0.1, 0.15) is 0 Å². The van der Waals surface area contributed by atoms with Crippen LogP contribution < -0.4 is 0 Å². The van der Waals surface area contributed by atoms with Crippen LogP contribution in [0.3, 0.4) is 0 Å². The normalized spacial score (nSPS) is 10.5. The summed E-state index contributed by atoms with van der Waals surface area (Å²) >= 11 is 0. The van der Waals surface area contributed by atoms with Crippen LogP contribution in [0.5, 0.6) is 0 Å². The summed E-state index contributed by atoms with van der Waals surface area (Å²) in [6.45, 7) is 3.36. The average molecular weight is 136 g/mol. The molecule has 0 atom stereocenters. The van der Waals surface area contributed by atoms with E-state index in [1.807, 2.05) is 0 Å². The van der Waals surface area contributed by atoms with Crippen LogP contribution in [0.1, 0.15) is 5.56 Å². The Kier molecular flexibility index (Phi) is 1.94. The maximum Gasteiger partial charge on any atom is 0.156 e. The van der Waals surface area contributed by atoms with Gasteiger partial charge in [-0.2, -0.15) is 5.10 Å². The van der Waals surface area contributed by atoms with Crippen LogP contribution in [0.4, 0.5) is 5.82 Å². The Morgan fingerprint density at radius 3 is 3.20 bits per heavy atom. The molecule has 1 N–H and O–H groups in total. The minimum Gasteiger partial charge on any atom is -0.296 e. The number of aromatic amines is 1. The summed E-state index contributed by atoms with van der Waals surface area (Å²) in [4.78, 5) is 7.50. The van der Waals surface area contributed by atoms with E-state index in [0.29, 0.717) is 5.82 Å². The molecule has 0 saturated heterocycles. The van der Waals surface area contributed by atoms with Crippen molar-refractivity contribution in [3.8, 4) is 0 Å². The van der Waals surface area contributed by atoms with E-state index in [4.69, 9.17) is 0 Å². The molecule has 0 aliphatic heterocycles. The fourth-order valence-electron chi connectivity index (χ4n) is 0.649. The molecule has 1 aromatic heterocycles. The van der Waals surface area contributed by atoms with Gasteiger partial charge in [0.2, 0.25) is 0 Å². The Morgan fingerprint density at radius 2 is 2.60 bits per heavy atom. The van der Waals surface area contributed by atoms with Gasteiger partial charge in [-0.3, -0.25) is 10.1 Å². The minimum atomic E-state index is 0.658. The third kappa shape index (κ3) is 1.10. The third-order valence-electron chi connectivity index (χ3n) is 1.07. The molecule has 4 nitrogen and oxygen atoms in total. The predicted molar refractivity (Wildman–Crippen MR) is 41.3 cm³/mol. The number of nitrogens with zero attached hydrogens (tertiary/aromatic N) is 3. The SMILES string of the molecule is C=Nc1[nH]ncc1/C=N\C. The number of H-pyrrole nitrogens is 1. The van der Waals surface area contributed by atoms with Gasteiger partial charge in [0.25, 0.3) is 0 Å². The molecule has 0 aliphatic carbocycles. The van der Waals surface area contributed by atoms with Crippen LogP contribution >= 0.6 is 0 Å². The third-order valence-corrected chi connectivity index (χ3v) is 1.07. The standard InChI is InChI=1S/C6H8N4/c1-7-3-5-4-9-10-6(5)8-2/h3-4H,2H2,1H3,(H,9,10)/b7-3-. The van der Waals surface area contributed by atoms with Crippen LogP contribution in [0, 0.1) is 0 Å². The number of rotatable bonds is 2. The fraction of sp³-hybridized carbons (Fsp3) is 0.167. The second kappa shape index (κ2) is 2.91. The van der Waals surface area contributed by atoms with Gasteiger partial charge >= 0.3 is 0 Å². The maximum atomic E-state index is 3.81. The highest BCUT2D eigenvalue weighted by Gasteiger charge is 1.96. The number of hydrogen-bond donors (Lipinski definition) is 1. The highest BCUT2D eigenvalue weighted by Crippen LogP contribution is 2.09. The van der Waals surface area contributed by atoms with Crippen molar-refractivity contribution in [3.63, 3.8) is 0 Å². The summed E-state index contributed by atoms with van der Waals surface area (Å²) in [5, 5.41) is 6.43.